The van der Waals surface area contributed by atoms with Gasteiger partial charge in [-0.3, -0.25) is 58.2 Å². The van der Waals surface area contributed by atoms with Crippen LogP contribution in [-0.2, 0) is 75.8 Å². The molecule has 6 amide bonds. The van der Waals surface area contributed by atoms with Crippen LogP contribution in [0.3, 0.4) is 0 Å². The Hall–Kier alpha value is -8.14. The van der Waals surface area contributed by atoms with Gasteiger partial charge < -0.3 is 39.1 Å². The van der Waals surface area contributed by atoms with Crippen molar-refractivity contribution in [1.29, 1.82) is 0 Å². The molecule has 12 bridgehead atoms. The predicted octanol–water partition coefficient (Wildman–Crippen LogP) is 19.2. The van der Waals surface area contributed by atoms with Gasteiger partial charge in [0.05, 0.1) is 6.10 Å². The molecule has 0 spiro atoms. The first-order chi connectivity index (χ1) is 69.2. The second-order valence-electron chi connectivity index (χ2n) is 51.5. The summed E-state index contributed by atoms with van der Waals surface area (Å²) in [6.07, 6.45) is 47.3. The molecule has 27 rings (SSSR count). The number of piperidine rings is 6. The number of benzene rings is 6. The number of carbonyl (C=O) groups excluding carboxylic acids is 6. The van der Waals surface area contributed by atoms with Crippen molar-refractivity contribution < 1.29 is 33.5 Å². The van der Waals surface area contributed by atoms with Crippen molar-refractivity contribution in [2.24, 2.45) is 99.5 Å². The molecule has 8 saturated carbocycles. The van der Waals surface area contributed by atoms with E-state index in [4.69, 9.17) is 39.1 Å². The molecule has 774 valence electrons. The van der Waals surface area contributed by atoms with Gasteiger partial charge >= 0.3 is 0 Å². The summed E-state index contributed by atoms with van der Waals surface area (Å²) < 4.78 is 5.87. The van der Waals surface area contributed by atoms with Crippen molar-refractivity contribution >= 4 is 35.4 Å². The molecule has 6 aromatic carbocycles. The minimum Gasteiger partial charge on any atom is -0.377 e. The fourth-order valence-corrected chi connectivity index (χ4v) is 34.6. The van der Waals surface area contributed by atoms with Gasteiger partial charge in [-0.15, -0.1) is 0 Å². The molecule has 15 fully saturated rings. The van der Waals surface area contributed by atoms with Gasteiger partial charge in [0.1, 0.15) is 0 Å². The van der Waals surface area contributed by atoms with Gasteiger partial charge in [0.2, 0.25) is 35.4 Å². The first-order valence-electron chi connectivity index (χ1n) is 57.9. The van der Waals surface area contributed by atoms with E-state index >= 15 is 0 Å². The molecule has 19 heteroatoms. The summed E-state index contributed by atoms with van der Waals surface area (Å²) >= 11 is 0. The van der Waals surface area contributed by atoms with E-state index in [9.17, 15) is 28.8 Å². The van der Waals surface area contributed by atoms with Crippen molar-refractivity contribution in [3.8, 4) is 0 Å². The number of likely N-dealkylation sites (tertiary alicyclic amines) is 6. The lowest BCUT2D eigenvalue weighted by Gasteiger charge is -2.60. The van der Waals surface area contributed by atoms with Crippen LogP contribution in [0.1, 0.15) is 391 Å². The molecular weight excluding hydrogens is 1780 g/mol. The van der Waals surface area contributed by atoms with Crippen LogP contribution < -0.4 is 34.4 Å². The number of hydrogen-bond acceptors (Lipinski definition) is 13. The Bertz CT molecular complexity index is 5630. The average molecular weight is 1950 g/mol. The zero-order valence-corrected chi connectivity index (χ0v) is 88.9. The molecular formula is C125H172N12O7. The van der Waals surface area contributed by atoms with E-state index in [0.717, 1.165) is 136 Å². The van der Waals surface area contributed by atoms with Crippen LogP contribution in [0.5, 0.6) is 0 Å². The Morgan fingerprint density at radius 2 is 0.569 bits per heavy atom. The third-order valence-corrected chi connectivity index (χ3v) is 44.6. The first kappa shape index (κ1) is 100. The van der Waals surface area contributed by atoms with Gasteiger partial charge in [0.15, 0.2) is 0 Å². The number of fused-ring (bicyclic) bond motifs is 15. The van der Waals surface area contributed by atoms with Crippen molar-refractivity contribution in [2.75, 3.05) is 59.0 Å². The summed E-state index contributed by atoms with van der Waals surface area (Å²) in [5.74, 6) is 7.03. The van der Waals surface area contributed by atoms with Crippen LogP contribution in [-0.4, -0.2) is 190 Å². The topological polar surface area (TPSA) is 287 Å². The number of nitrogens with two attached hydrogens (primary N) is 6. The Kier molecular flexibility index (Phi) is 27.4. The molecule has 7 heterocycles. The molecule has 6 aromatic rings. The highest BCUT2D eigenvalue weighted by Gasteiger charge is 2.61. The molecule has 23 atom stereocenters. The van der Waals surface area contributed by atoms with E-state index in [0.29, 0.717) is 104 Å². The number of nitrogens with zero attached hydrogens (tertiary/aromatic N) is 6. The van der Waals surface area contributed by atoms with E-state index in [-0.39, 0.29) is 51.7 Å². The molecule has 0 aromatic heterocycles. The number of primary amides is 6. The van der Waals surface area contributed by atoms with Crippen molar-refractivity contribution in [3.05, 3.63) is 209 Å². The van der Waals surface area contributed by atoms with Crippen molar-refractivity contribution in [1.82, 2.24) is 29.4 Å². The monoisotopic (exact) mass is 1950 g/mol. The highest BCUT2D eigenvalue weighted by atomic mass is 16.5. The Morgan fingerprint density at radius 3 is 0.896 bits per heavy atom. The quantitative estimate of drug-likeness (QED) is 0.0467. The van der Waals surface area contributed by atoms with Gasteiger partial charge in [-0.05, 0) is 480 Å². The van der Waals surface area contributed by atoms with Crippen LogP contribution in [0, 0.1) is 65.1 Å². The van der Waals surface area contributed by atoms with Crippen LogP contribution in [0.4, 0.5) is 0 Å². The number of hydrogen-bond donors (Lipinski definition) is 6. The minimum atomic E-state index is -0.327. The molecule has 21 aliphatic rings. The lowest BCUT2D eigenvalue weighted by Crippen LogP contribution is -2.63. The third-order valence-electron chi connectivity index (χ3n) is 44.6. The van der Waals surface area contributed by atoms with E-state index < -0.39 is 0 Å². The number of rotatable bonds is 18. The summed E-state index contributed by atoms with van der Waals surface area (Å²) in [5.41, 5.74) is 56.0. The second kappa shape index (κ2) is 39.3. The summed E-state index contributed by atoms with van der Waals surface area (Å²) in [6, 6.07) is 44.2. The van der Waals surface area contributed by atoms with Crippen LogP contribution >= 0.6 is 0 Å². The molecule has 12 N–H and O–H groups in total. The zero-order valence-electron chi connectivity index (χ0n) is 88.9. The minimum absolute atomic E-state index is 0.136. The summed E-state index contributed by atoms with van der Waals surface area (Å²) in [4.78, 5) is 86.8. The molecule has 5 unspecified atom stereocenters. The van der Waals surface area contributed by atoms with Gasteiger partial charge in [-0.25, -0.2) is 0 Å². The third kappa shape index (κ3) is 18.2. The smallest absolute Gasteiger partial charge is 0.248 e. The standard InChI is InChI=1S/2C22H30N2O.C21H28N2O.C20H28N2O2.2C20H28N2O/c2*1-14(15-5-6-15)24-11-10-22-9-3-2-4-18(22)20(24)13-16-7-8-17(21(23)25)12-19(16)22;22-20(24)16-7-6-15-12-19-17-3-1-2-8-21(17,18(15)11-16)9-10-23(19)13-14-4-5-14;1-13-18-11-14-5-6-15(19(21)23)10-17(14)20(13,2)7-8-22(18)12-16-4-3-9-24-16;2*1-12-18-11-15-6-7-16(19(21)23)10-17(15)20(12,3)8-9-22(18)13(2)14-4-5-14/h2*7-8,12,14-15,18,20H,2-6,9-11,13H2,1H3,(H2,23,25);6-7,11,14,17,19H,1-5,8-10,12-13H2,(H2,22,24);5-6,10,13,16,18H,3-4,7-9,11-12H2,1-2H3,(H2,21,23);2*6-7,10,12-14,18H,4-5,8-9,11H2,1-3H3,(H2,21,23)/t14-,18?,20+,22+;14-,18?,20-,22-;17?,19-,21-;13-,16+,18+,20+;12?,13-,18+,20+;12?,13-,18-,20-/m011001/s1. The van der Waals surface area contributed by atoms with Crippen molar-refractivity contribution in [3.63, 3.8) is 0 Å². The molecule has 19 nitrogen and oxygen atoms in total. The Morgan fingerprint density at radius 1 is 0.299 bits per heavy atom. The van der Waals surface area contributed by atoms with Gasteiger partial charge in [-0.2, -0.15) is 0 Å². The molecule has 0 radical (unpaired) electrons. The van der Waals surface area contributed by atoms with Gasteiger partial charge in [0, 0.05) is 130 Å². The van der Waals surface area contributed by atoms with Crippen LogP contribution in [0.2, 0.25) is 0 Å². The molecule has 7 aliphatic heterocycles. The lowest BCUT2D eigenvalue weighted by molar-refractivity contribution is -0.0343. The SMILES string of the molecule is CC1[C@H]2Cc3ccc(C(N)=O)cc3[C@]1(C)CCN2[C@@H](C)C1CC1.CC1[C@H]2Cc3ccc(C(N)=O)cc3[C@]1(C)CCN2[C@H](C)C1CC1.C[C@@H](C1CC1)N1CC[C@]23CCCCC2[C@H]1Cc1ccc(C(N)=O)cc13.C[C@H](C1CC1)N1CC[C@]23CCCCC2[C@H]1Cc1ccc(C(N)=O)cc13.C[C@H]1[C@H]2Cc3ccc(C(N)=O)cc3[C@]1(C)CCN2C[C@H]1CCCO1.NC(=O)c1ccc2c(c1)[C@@]13CCCCC1[C@@H](C2)N(CC1CC1)CC3. The van der Waals surface area contributed by atoms with E-state index in [2.05, 4.69) is 171 Å². The van der Waals surface area contributed by atoms with E-state index in [1.165, 1.54) is 299 Å². The second-order valence-corrected chi connectivity index (χ2v) is 51.5. The number of amides is 6. The maximum Gasteiger partial charge on any atom is 0.248 e. The fraction of sp³-hybridized carbons (Fsp3) is 0.664. The van der Waals surface area contributed by atoms with Crippen molar-refractivity contribution in [2.45, 2.75) is 399 Å². The Labute approximate surface area is 860 Å². The molecule has 7 saturated heterocycles. The fourth-order valence-electron chi connectivity index (χ4n) is 34.6. The maximum absolute atomic E-state index is 11.8. The first-order valence-corrected chi connectivity index (χ1v) is 57.9. The molecule has 144 heavy (non-hydrogen) atoms. The van der Waals surface area contributed by atoms with E-state index in [1.54, 1.807) is 0 Å². The number of carbonyl (C=O) groups is 6. The predicted molar refractivity (Wildman–Crippen MR) is 573 cm³/mol. The van der Waals surface area contributed by atoms with Crippen LogP contribution in [0.25, 0.3) is 0 Å². The van der Waals surface area contributed by atoms with Gasteiger partial charge in [-0.1, -0.05) is 116 Å². The van der Waals surface area contributed by atoms with Gasteiger partial charge in [0.25, 0.3) is 0 Å². The highest BCUT2D eigenvalue weighted by molar-refractivity contribution is 5.96. The summed E-state index contributed by atoms with van der Waals surface area (Å²) in [7, 11) is 0. The Balaban J connectivity index is 0.0000000987. The number of ether oxygens (including phenoxy) is 1. The van der Waals surface area contributed by atoms with Crippen LogP contribution in [0.15, 0.2) is 109 Å². The average Bonchev–Trinajstić information content (AvgIpc) is 1.04. The zero-order chi connectivity index (χ0) is 100. The van der Waals surface area contributed by atoms with E-state index in [1.807, 2.05) is 36.4 Å². The largest absolute Gasteiger partial charge is 0.377 e. The highest BCUT2D eigenvalue weighted by Crippen LogP contribution is 2.63. The summed E-state index contributed by atoms with van der Waals surface area (Å²) in [6.45, 7) is 34.7. The summed E-state index contributed by atoms with van der Waals surface area (Å²) in [5, 5.41) is 0. The maximum atomic E-state index is 11.8. The molecule has 14 aliphatic carbocycles. The lowest BCUT2D eigenvalue weighted by atomic mass is 9.52. The normalized spacial score (nSPS) is 35.2.